The van der Waals surface area contributed by atoms with E-state index in [4.69, 9.17) is 9.47 Å². The molecule has 6 nitrogen and oxygen atoms in total. The molecule has 1 saturated heterocycles. The summed E-state index contributed by atoms with van der Waals surface area (Å²) >= 11 is 2.58. The van der Waals surface area contributed by atoms with Crippen LogP contribution in [0.3, 0.4) is 0 Å². The number of rotatable bonds is 6. The fourth-order valence-electron chi connectivity index (χ4n) is 2.76. The van der Waals surface area contributed by atoms with Crippen LogP contribution in [0.25, 0.3) is 6.08 Å². The Hall–Kier alpha value is -3.36. The predicted octanol–water partition coefficient (Wildman–Crippen LogP) is 5.26. The van der Waals surface area contributed by atoms with E-state index < -0.39 is 5.97 Å². The number of hydrogen-bond acceptors (Lipinski definition) is 7. The number of thioether (sulfide) groups is 1. The van der Waals surface area contributed by atoms with Crippen molar-refractivity contribution in [1.82, 2.24) is 5.32 Å². The van der Waals surface area contributed by atoms with Gasteiger partial charge in [-0.25, -0.2) is 9.79 Å². The standard InChI is InChI=1S/C23H18N2O4S2/c1-2-28-18-13-15(10-11-17(18)29-22(27)19-9-6-12-30-19)14-20-21(26)25-23(31-20)24-16-7-4-3-5-8-16/h3-14H,2H2,1H3,(H,24,25,26)/b20-14+. The van der Waals surface area contributed by atoms with Gasteiger partial charge in [-0.2, -0.15) is 0 Å². The van der Waals surface area contributed by atoms with Gasteiger partial charge in [-0.1, -0.05) is 30.3 Å². The van der Waals surface area contributed by atoms with Gasteiger partial charge < -0.3 is 14.8 Å². The molecule has 1 aliphatic heterocycles. The lowest BCUT2D eigenvalue weighted by molar-refractivity contribution is -0.115. The number of amides is 1. The first kappa shape index (κ1) is 20.9. The zero-order chi connectivity index (χ0) is 21.6. The number of amidine groups is 1. The third-order valence-corrected chi connectivity index (χ3v) is 5.89. The van der Waals surface area contributed by atoms with Crippen molar-refractivity contribution in [2.75, 3.05) is 6.61 Å². The summed E-state index contributed by atoms with van der Waals surface area (Å²) in [7, 11) is 0. The first-order valence-electron chi connectivity index (χ1n) is 9.49. The molecule has 0 saturated carbocycles. The quantitative estimate of drug-likeness (QED) is 0.315. The molecule has 0 spiro atoms. The van der Waals surface area contributed by atoms with Crippen LogP contribution in [0, 0.1) is 0 Å². The normalized spacial score (nSPS) is 15.8. The van der Waals surface area contributed by atoms with Crippen molar-refractivity contribution in [3.63, 3.8) is 0 Å². The van der Waals surface area contributed by atoms with Crippen molar-refractivity contribution in [2.24, 2.45) is 4.99 Å². The van der Waals surface area contributed by atoms with Crippen molar-refractivity contribution in [3.8, 4) is 11.5 Å². The minimum atomic E-state index is -0.436. The van der Waals surface area contributed by atoms with Crippen molar-refractivity contribution in [2.45, 2.75) is 6.92 Å². The zero-order valence-electron chi connectivity index (χ0n) is 16.5. The average molecular weight is 451 g/mol. The molecule has 1 N–H and O–H groups in total. The molecule has 31 heavy (non-hydrogen) atoms. The first-order valence-corrected chi connectivity index (χ1v) is 11.2. The summed E-state index contributed by atoms with van der Waals surface area (Å²) in [4.78, 5) is 30.1. The minimum Gasteiger partial charge on any atom is -0.490 e. The van der Waals surface area contributed by atoms with Gasteiger partial charge in [0.2, 0.25) is 0 Å². The van der Waals surface area contributed by atoms with Crippen LogP contribution in [0.4, 0.5) is 5.69 Å². The number of nitrogens with one attached hydrogen (secondary N) is 1. The molecule has 1 aromatic heterocycles. The lowest BCUT2D eigenvalue weighted by Crippen LogP contribution is -2.19. The largest absolute Gasteiger partial charge is 0.490 e. The number of esters is 1. The third-order valence-electron chi connectivity index (χ3n) is 4.13. The van der Waals surface area contributed by atoms with Crippen LogP contribution in [0.5, 0.6) is 11.5 Å². The van der Waals surface area contributed by atoms with E-state index in [1.807, 2.05) is 42.6 Å². The summed E-state index contributed by atoms with van der Waals surface area (Å²) in [6.45, 7) is 2.26. The number of benzene rings is 2. The molecule has 0 unspecified atom stereocenters. The third kappa shape index (κ3) is 5.22. The SMILES string of the molecule is CCOc1cc(/C=C2/SC(=Nc3ccccc3)NC2=O)ccc1OC(=O)c1cccs1. The van der Waals surface area contributed by atoms with Crippen LogP contribution >= 0.6 is 23.1 Å². The number of nitrogens with zero attached hydrogens (tertiary/aromatic N) is 1. The minimum absolute atomic E-state index is 0.217. The molecule has 1 aliphatic rings. The summed E-state index contributed by atoms with van der Waals surface area (Å²) < 4.78 is 11.1. The topological polar surface area (TPSA) is 77.0 Å². The Morgan fingerprint density at radius 3 is 2.68 bits per heavy atom. The molecule has 0 aliphatic carbocycles. The smallest absolute Gasteiger partial charge is 0.353 e. The maximum Gasteiger partial charge on any atom is 0.353 e. The van der Waals surface area contributed by atoms with Crippen LogP contribution in [0.1, 0.15) is 22.2 Å². The molecular formula is C23H18N2O4S2. The van der Waals surface area contributed by atoms with E-state index in [1.165, 1.54) is 23.1 Å². The van der Waals surface area contributed by atoms with Crippen molar-refractivity contribution >= 4 is 51.9 Å². The van der Waals surface area contributed by atoms with Gasteiger partial charge >= 0.3 is 5.97 Å². The monoisotopic (exact) mass is 450 g/mol. The highest BCUT2D eigenvalue weighted by Gasteiger charge is 2.24. The van der Waals surface area contributed by atoms with Gasteiger partial charge in [-0.3, -0.25) is 4.79 Å². The lowest BCUT2D eigenvalue weighted by Gasteiger charge is -2.11. The van der Waals surface area contributed by atoms with E-state index in [-0.39, 0.29) is 5.91 Å². The van der Waals surface area contributed by atoms with Gasteiger partial charge in [-0.15, -0.1) is 11.3 Å². The Morgan fingerprint density at radius 2 is 1.94 bits per heavy atom. The summed E-state index contributed by atoms with van der Waals surface area (Å²) in [5.41, 5.74) is 1.51. The summed E-state index contributed by atoms with van der Waals surface area (Å²) in [5.74, 6) is 0.112. The average Bonchev–Trinajstić information content (AvgIpc) is 3.41. The fourth-order valence-corrected chi connectivity index (χ4v) is 4.20. The number of carbonyl (C=O) groups is 2. The Bertz CT molecular complexity index is 1160. The molecular weight excluding hydrogens is 432 g/mol. The van der Waals surface area contributed by atoms with E-state index in [0.29, 0.717) is 33.1 Å². The highest BCUT2D eigenvalue weighted by atomic mass is 32.2. The van der Waals surface area contributed by atoms with Gasteiger partial charge in [0.15, 0.2) is 16.7 Å². The number of aliphatic imine (C=N–C) groups is 1. The Balaban J connectivity index is 1.54. The van der Waals surface area contributed by atoms with Gasteiger partial charge in [0, 0.05) is 0 Å². The molecule has 1 fully saturated rings. The second-order valence-electron chi connectivity index (χ2n) is 6.32. The first-order chi connectivity index (χ1) is 15.1. The number of ether oxygens (including phenoxy) is 2. The van der Waals surface area contributed by atoms with Gasteiger partial charge in [0.25, 0.3) is 5.91 Å². The molecule has 0 bridgehead atoms. The number of para-hydroxylation sites is 1. The summed E-state index contributed by atoms with van der Waals surface area (Å²) in [5, 5.41) is 5.11. The molecule has 4 rings (SSSR count). The lowest BCUT2D eigenvalue weighted by atomic mass is 10.2. The predicted molar refractivity (Wildman–Crippen MR) is 124 cm³/mol. The second kappa shape index (κ2) is 9.63. The van der Waals surface area contributed by atoms with Gasteiger partial charge in [-0.05, 0) is 66.0 Å². The zero-order valence-corrected chi connectivity index (χ0v) is 18.2. The molecule has 0 radical (unpaired) electrons. The molecule has 3 aromatic rings. The van der Waals surface area contributed by atoms with Crippen LogP contribution < -0.4 is 14.8 Å². The second-order valence-corrected chi connectivity index (χ2v) is 8.30. The Morgan fingerprint density at radius 1 is 1.10 bits per heavy atom. The van der Waals surface area contributed by atoms with Gasteiger partial charge in [0.1, 0.15) is 4.88 Å². The Kier molecular flexibility index (Phi) is 6.49. The molecule has 2 heterocycles. The van der Waals surface area contributed by atoms with Crippen LogP contribution in [-0.2, 0) is 4.79 Å². The van der Waals surface area contributed by atoms with Gasteiger partial charge in [0.05, 0.1) is 17.2 Å². The molecule has 2 aromatic carbocycles. The van der Waals surface area contributed by atoms with E-state index in [9.17, 15) is 9.59 Å². The highest BCUT2D eigenvalue weighted by molar-refractivity contribution is 8.18. The van der Waals surface area contributed by atoms with Crippen LogP contribution in [0.2, 0.25) is 0 Å². The maximum absolute atomic E-state index is 12.4. The molecule has 156 valence electrons. The van der Waals surface area contributed by atoms with E-state index >= 15 is 0 Å². The van der Waals surface area contributed by atoms with Crippen LogP contribution in [-0.4, -0.2) is 23.7 Å². The molecule has 0 atom stereocenters. The van der Waals surface area contributed by atoms with Crippen molar-refractivity contribution < 1.29 is 19.1 Å². The van der Waals surface area contributed by atoms with Crippen molar-refractivity contribution in [1.29, 1.82) is 0 Å². The molecule has 8 heteroatoms. The highest BCUT2D eigenvalue weighted by Crippen LogP contribution is 2.33. The van der Waals surface area contributed by atoms with E-state index in [0.717, 1.165) is 11.3 Å². The van der Waals surface area contributed by atoms with Crippen LogP contribution in [0.15, 0.2) is 75.9 Å². The number of thiophene rings is 1. The molecule has 1 amide bonds. The van der Waals surface area contributed by atoms with E-state index in [1.54, 1.807) is 36.4 Å². The maximum atomic E-state index is 12.4. The van der Waals surface area contributed by atoms with Crippen molar-refractivity contribution in [3.05, 3.63) is 81.4 Å². The summed E-state index contributed by atoms with van der Waals surface area (Å²) in [6.07, 6.45) is 1.75. The number of hydrogen-bond donors (Lipinski definition) is 1. The summed E-state index contributed by atoms with van der Waals surface area (Å²) in [6, 6.07) is 18.1. The fraction of sp³-hybridized carbons (Fsp3) is 0.0870. The Labute approximate surface area is 187 Å². The van der Waals surface area contributed by atoms with E-state index in [2.05, 4.69) is 10.3 Å². The number of carbonyl (C=O) groups excluding carboxylic acids is 2.